The Morgan fingerprint density at radius 2 is 1.69 bits per heavy atom. The lowest BCUT2D eigenvalue weighted by Gasteiger charge is -2.35. The summed E-state index contributed by atoms with van der Waals surface area (Å²) < 4.78 is 4.98. The van der Waals surface area contributed by atoms with Gasteiger partial charge in [-0.3, -0.25) is 9.59 Å². The molecular weight excluding hydrogens is 334 g/mol. The van der Waals surface area contributed by atoms with E-state index in [-0.39, 0.29) is 24.5 Å². The molecule has 7 heteroatoms. The molecule has 2 rings (SSSR count). The van der Waals surface area contributed by atoms with Crippen LogP contribution in [0.1, 0.15) is 25.0 Å². The average molecular weight is 361 g/mol. The van der Waals surface area contributed by atoms with E-state index in [0.29, 0.717) is 39.3 Å². The van der Waals surface area contributed by atoms with Crippen LogP contribution in [-0.2, 0) is 20.9 Å². The molecule has 1 aliphatic heterocycles. The molecule has 26 heavy (non-hydrogen) atoms. The quantitative estimate of drug-likeness (QED) is 0.799. The third-order valence-corrected chi connectivity index (χ3v) is 4.55. The number of amides is 3. The van der Waals surface area contributed by atoms with Crippen LogP contribution in [0.15, 0.2) is 24.3 Å². The first kappa shape index (κ1) is 19.8. The maximum absolute atomic E-state index is 12.6. The molecule has 3 amide bonds. The Hall–Kier alpha value is -2.57. The van der Waals surface area contributed by atoms with Gasteiger partial charge in [0.2, 0.25) is 11.8 Å². The number of aryl methyl sites for hydroxylation is 1. The fourth-order valence-corrected chi connectivity index (χ4v) is 2.89. The predicted molar refractivity (Wildman–Crippen MR) is 97.4 cm³/mol. The van der Waals surface area contributed by atoms with Crippen LogP contribution in [0, 0.1) is 6.92 Å². The summed E-state index contributed by atoms with van der Waals surface area (Å²) in [6.45, 7) is 7.83. The summed E-state index contributed by atoms with van der Waals surface area (Å²) >= 11 is 0. The van der Waals surface area contributed by atoms with Crippen LogP contribution in [0.3, 0.4) is 0 Å². The van der Waals surface area contributed by atoms with Gasteiger partial charge in [0.1, 0.15) is 6.54 Å². The largest absolute Gasteiger partial charge is 0.450 e. The minimum Gasteiger partial charge on any atom is -0.450 e. The van der Waals surface area contributed by atoms with Crippen LogP contribution in [0.2, 0.25) is 0 Å². The van der Waals surface area contributed by atoms with Crippen molar-refractivity contribution in [1.29, 1.82) is 0 Å². The molecule has 1 fully saturated rings. The highest BCUT2D eigenvalue weighted by Gasteiger charge is 2.26. The van der Waals surface area contributed by atoms with E-state index < -0.39 is 0 Å². The van der Waals surface area contributed by atoms with E-state index in [9.17, 15) is 14.4 Å². The first-order valence-corrected chi connectivity index (χ1v) is 8.91. The number of hydrogen-bond donors (Lipinski definition) is 0. The van der Waals surface area contributed by atoms with Gasteiger partial charge in [-0.2, -0.15) is 0 Å². The molecule has 0 aliphatic carbocycles. The molecule has 0 aromatic heterocycles. The number of benzene rings is 1. The van der Waals surface area contributed by atoms with Crippen LogP contribution >= 0.6 is 0 Å². The predicted octanol–water partition coefficient (Wildman–Crippen LogP) is 1.64. The average Bonchev–Trinajstić information content (AvgIpc) is 2.63. The summed E-state index contributed by atoms with van der Waals surface area (Å²) in [5.74, 6) is -0.232. The van der Waals surface area contributed by atoms with Gasteiger partial charge in [-0.1, -0.05) is 24.3 Å². The van der Waals surface area contributed by atoms with E-state index in [0.717, 1.165) is 11.1 Å². The molecule has 0 bridgehead atoms. The molecule has 0 spiro atoms. The first-order chi connectivity index (χ1) is 12.4. The minimum absolute atomic E-state index is 0.0447. The van der Waals surface area contributed by atoms with Crippen LogP contribution < -0.4 is 0 Å². The minimum atomic E-state index is -0.343. The Bertz CT molecular complexity index is 654. The lowest BCUT2D eigenvalue weighted by atomic mass is 10.1. The van der Waals surface area contributed by atoms with Gasteiger partial charge in [0.25, 0.3) is 0 Å². The molecule has 0 saturated carbocycles. The van der Waals surface area contributed by atoms with Crippen molar-refractivity contribution in [2.45, 2.75) is 27.3 Å². The summed E-state index contributed by atoms with van der Waals surface area (Å²) in [5, 5.41) is 0. The smallest absolute Gasteiger partial charge is 0.409 e. The zero-order chi connectivity index (χ0) is 19.1. The second kappa shape index (κ2) is 9.22. The number of hydrogen-bond acceptors (Lipinski definition) is 4. The Kier molecular flexibility index (Phi) is 7.00. The molecule has 0 N–H and O–H groups in total. The fraction of sp³-hybridized carbons (Fsp3) is 0.526. The summed E-state index contributed by atoms with van der Waals surface area (Å²) in [6.07, 6.45) is -0.343. The van der Waals surface area contributed by atoms with Crippen LogP contribution in [0.4, 0.5) is 4.79 Å². The van der Waals surface area contributed by atoms with Crippen molar-refractivity contribution in [3.05, 3.63) is 35.4 Å². The van der Waals surface area contributed by atoms with Crippen LogP contribution in [0.5, 0.6) is 0 Å². The van der Waals surface area contributed by atoms with Gasteiger partial charge >= 0.3 is 6.09 Å². The third kappa shape index (κ3) is 5.21. The summed E-state index contributed by atoms with van der Waals surface area (Å²) in [5.41, 5.74) is 2.12. The van der Waals surface area contributed by atoms with Crippen molar-refractivity contribution in [3.63, 3.8) is 0 Å². The highest BCUT2D eigenvalue weighted by atomic mass is 16.6. The van der Waals surface area contributed by atoms with Gasteiger partial charge in [0.05, 0.1) is 6.61 Å². The molecule has 142 valence electrons. The number of ether oxygens (including phenoxy) is 1. The number of piperazine rings is 1. The zero-order valence-electron chi connectivity index (χ0n) is 15.7. The van der Waals surface area contributed by atoms with E-state index >= 15 is 0 Å². The second-order valence-electron chi connectivity index (χ2n) is 6.37. The van der Waals surface area contributed by atoms with Crippen LogP contribution in [0.25, 0.3) is 0 Å². The number of carbonyl (C=O) groups is 3. The van der Waals surface area contributed by atoms with Gasteiger partial charge < -0.3 is 19.4 Å². The molecule has 1 aromatic rings. The highest BCUT2D eigenvalue weighted by molar-refractivity contribution is 5.84. The van der Waals surface area contributed by atoms with Crippen molar-refractivity contribution < 1.29 is 19.1 Å². The van der Waals surface area contributed by atoms with E-state index in [4.69, 9.17) is 4.74 Å². The summed E-state index contributed by atoms with van der Waals surface area (Å²) in [4.78, 5) is 41.1. The Morgan fingerprint density at radius 1 is 1.08 bits per heavy atom. The van der Waals surface area contributed by atoms with Crippen LogP contribution in [-0.4, -0.2) is 71.9 Å². The fourth-order valence-electron chi connectivity index (χ4n) is 2.89. The Morgan fingerprint density at radius 3 is 2.27 bits per heavy atom. The Balaban J connectivity index is 1.91. The lowest BCUT2D eigenvalue weighted by Crippen LogP contribution is -2.53. The number of nitrogens with zero attached hydrogens (tertiary/aromatic N) is 3. The van der Waals surface area contributed by atoms with Gasteiger partial charge in [-0.05, 0) is 25.0 Å². The molecule has 1 heterocycles. The van der Waals surface area contributed by atoms with Crippen molar-refractivity contribution >= 4 is 17.9 Å². The van der Waals surface area contributed by atoms with Crippen molar-refractivity contribution in [1.82, 2.24) is 14.7 Å². The number of rotatable bonds is 5. The molecule has 1 aromatic carbocycles. The molecule has 0 atom stereocenters. The van der Waals surface area contributed by atoms with Gasteiger partial charge in [0, 0.05) is 39.6 Å². The normalized spacial score (nSPS) is 14.1. The lowest BCUT2D eigenvalue weighted by molar-refractivity contribution is -0.140. The van der Waals surface area contributed by atoms with Gasteiger partial charge in [-0.15, -0.1) is 0 Å². The summed E-state index contributed by atoms with van der Waals surface area (Å²) in [6, 6.07) is 7.83. The van der Waals surface area contributed by atoms with E-state index in [1.165, 1.54) is 6.92 Å². The van der Waals surface area contributed by atoms with Gasteiger partial charge in [0.15, 0.2) is 0 Å². The van der Waals surface area contributed by atoms with Crippen molar-refractivity contribution in [3.8, 4) is 0 Å². The molecule has 0 unspecified atom stereocenters. The molecule has 1 saturated heterocycles. The third-order valence-electron chi connectivity index (χ3n) is 4.55. The van der Waals surface area contributed by atoms with E-state index in [1.54, 1.807) is 21.6 Å². The van der Waals surface area contributed by atoms with E-state index in [2.05, 4.69) is 0 Å². The second-order valence-corrected chi connectivity index (χ2v) is 6.37. The van der Waals surface area contributed by atoms with E-state index in [1.807, 2.05) is 31.2 Å². The molecule has 0 radical (unpaired) electrons. The highest BCUT2D eigenvalue weighted by Crippen LogP contribution is 2.12. The maximum atomic E-state index is 12.6. The summed E-state index contributed by atoms with van der Waals surface area (Å²) in [7, 11) is 0. The van der Waals surface area contributed by atoms with Crippen molar-refractivity contribution in [2.75, 3.05) is 39.3 Å². The standard InChI is InChI=1S/C19H27N3O4/c1-4-26-19(25)21-11-9-20(10-12-21)18(24)14-22(16(3)23)13-17-8-6-5-7-15(17)2/h5-8H,4,9-14H2,1-3H3. The topological polar surface area (TPSA) is 70.2 Å². The molecular formula is C19H27N3O4. The maximum Gasteiger partial charge on any atom is 0.409 e. The molecule has 1 aliphatic rings. The number of carbonyl (C=O) groups excluding carboxylic acids is 3. The Labute approximate surface area is 154 Å². The monoisotopic (exact) mass is 361 g/mol. The molecule has 7 nitrogen and oxygen atoms in total. The SMILES string of the molecule is CCOC(=O)N1CCN(C(=O)CN(Cc2ccccc2C)C(C)=O)CC1. The van der Waals surface area contributed by atoms with Crippen molar-refractivity contribution in [2.24, 2.45) is 0 Å². The first-order valence-electron chi connectivity index (χ1n) is 8.91. The zero-order valence-corrected chi connectivity index (χ0v) is 15.7. The van der Waals surface area contributed by atoms with Gasteiger partial charge in [-0.25, -0.2) is 4.79 Å².